The SMILES string of the molecule is CCc1ccccc1NC(=O)C(=O)N/N=C\c1ccc(OCC(=O)Nc2ccccc2C)c(OC)c1. The van der Waals surface area contributed by atoms with Crippen LogP contribution in [0.1, 0.15) is 23.6 Å². The van der Waals surface area contributed by atoms with Gasteiger partial charge < -0.3 is 20.1 Å². The third-order valence-electron chi connectivity index (χ3n) is 5.20. The van der Waals surface area contributed by atoms with Gasteiger partial charge in [0.2, 0.25) is 0 Å². The number of hydrazone groups is 1. The zero-order valence-corrected chi connectivity index (χ0v) is 20.3. The highest BCUT2D eigenvalue weighted by molar-refractivity contribution is 6.39. The molecule has 0 unspecified atom stereocenters. The lowest BCUT2D eigenvalue weighted by Crippen LogP contribution is -2.32. The fourth-order valence-corrected chi connectivity index (χ4v) is 3.27. The zero-order valence-electron chi connectivity index (χ0n) is 20.3. The van der Waals surface area contributed by atoms with Crippen LogP contribution in [0, 0.1) is 6.92 Å². The number of anilines is 2. The Morgan fingerprint density at radius 2 is 1.61 bits per heavy atom. The summed E-state index contributed by atoms with van der Waals surface area (Å²) in [6, 6.07) is 19.6. The van der Waals surface area contributed by atoms with Crippen LogP contribution >= 0.6 is 0 Å². The van der Waals surface area contributed by atoms with Crippen LogP contribution in [-0.4, -0.2) is 37.7 Å². The second-order valence-corrected chi connectivity index (χ2v) is 7.73. The van der Waals surface area contributed by atoms with Gasteiger partial charge in [-0.05, 0) is 60.4 Å². The Bertz CT molecular complexity index is 1270. The molecule has 3 aromatic rings. The summed E-state index contributed by atoms with van der Waals surface area (Å²) in [6.07, 6.45) is 2.08. The first-order valence-electron chi connectivity index (χ1n) is 11.3. The Kier molecular flexibility index (Phi) is 9.16. The normalized spacial score (nSPS) is 10.5. The number of methoxy groups -OCH3 is 1. The van der Waals surface area contributed by atoms with Crippen LogP contribution in [0.3, 0.4) is 0 Å². The minimum Gasteiger partial charge on any atom is -0.493 e. The summed E-state index contributed by atoms with van der Waals surface area (Å²) in [6.45, 7) is 3.66. The summed E-state index contributed by atoms with van der Waals surface area (Å²) >= 11 is 0. The van der Waals surface area contributed by atoms with Gasteiger partial charge in [0.25, 0.3) is 5.91 Å². The van der Waals surface area contributed by atoms with E-state index in [9.17, 15) is 14.4 Å². The lowest BCUT2D eigenvalue weighted by molar-refractivity contribution is -0.136. The van der Waals surface area contributed by atoms with Crippen molar-refractivity contribution in [2.45, 2.75) is 20.3 Å². The van der Waals surface area contributed by atoms with E-state index in [0.717, 1.165) is 23.2 Å². The lowest BCUT2D eigenvalue weighted by Gasteiger charge is -2.12. The number of hydrogen-bond donors (Lipinski definition) is 3. The van der Waals surface area contributed by atoms with Gasteiger partial charge in [0.1, 0.15) is 0 Å². The van der Waals surface area contributed by atoms with Gasteiger partial charge in [-0.25, -0.2) is 5.43 Å². The molecule has 0 bridgehead atoms. The summed E-state index contributed by atoms with van der Waals surface area (Å²) in [4.78, 5) is 36.5. The minimum atomic E-state index is -0.899. The predicted octanol–water partition coefficient (Wildman–Crippen LogP) is 3.67. The number of carbonyl (C=O) groups is 3. The van der Waals surface area contributed by atoms with E-state index in [-0.39, 0.29) is 12.5 Å². The van der Waals surface area contributed by atoms with E-state index in [0.29, 0.717) is 22.7 Å². The third kappa shape index (κ3) is 7.17. The summed E-state index contributed by atoms with van der Waals surface area (Å²) in [5.74, 6) is -1.28. The molecule has 36 heavy (non-hydrogen) atoms. The van der Waals surface area contributed by atoms with Gasteiger partial charge in [0.05, 0.1) is 13.3 Å². The average molecular weight is 489 g/mol. The maximum atomic E-state index is 12.2. The highest BCUT2D eigenvalue weighted by Crippen LogP contribution is 2.27. The maximum absolute atomic E-state index is 12.2. The van der Waals surface area contributed by atoms with Crippen LogP contribution in [0.2, 0.25) is 0 Å². The lowest BCUT2D eigenvalue weighted by atomic mass is 10.1. The van der Waals surface area contributed by atoms with E-state index < -0.39 is 11.8 Å². The number of hydrogen-bond acceptors (Lipinski definition) is 6. The van der Waals surface area contributed by atoms with Gasteiger partial charge in [-0.3, -0.25) is 14.4 Å². The highest BCUT2D eigenvalue weighted by Gasteiger charge is 2.14. The van der Waals surface area contributed by atoms with Crippen molar-refractivity contribution in [2.75, 3.05) is 24.4 Å². The smallest absolute Gasteiger partial charge is 0.329 e. The van der Waals surface area contributed by atoms with Crippen LogP contribution in [0.25, 0.3) is 0 Å². The number of aryl methyl sites for hydroxylation is 2. The van der Waals surface area contributed by atoms with E-state index in [4.69, 9.17) is 9.47 Å². The van der Waals surface area contributed by atoms with Crippen molar-refractivity contribution < 1.29 is 23.9 Å². The fraction of sp³-hybridized carbons (Fsp3) is 0.185. The molecule has 3 aromatic carbocycles. The molecule has 0 saturated heterocycles. The molecule has 0 spiro atoms. The summed E-state index contributed by atoms with van der Waals surface area (Å²) < 4.78 is 10.9. The minimum absolute atomic E-state index is 0.204. The van der Waals surface area contributed by atoms with E-state index in [1.54, 1.807) is 30.3 Å². The van der Waals surface area contributed by atoms with Gasteiger partial charge in [-0.15, -0.1) is 0 Å². The fourth-order valence-electron chi connectivity index (χ4n) is 3.27. The maximum Gasteiger partial charge on any atom is 0.329 e. The molecule has 9 nitrogen and oxygen atoms in total. The number of benzene rings is 3. The largest absolute Gasteiger partial charge is 0.493 e. The molecule has 3 rings (SSSR count). The van der Waals surface area contributed by atoms with Gasteiger partial charge in [-0.1, -0.05) is 43.3 Å². The first kappa shape index (κ1) is 26.0. The van der Waals surface area contributed by atoms with Gasteiger partial charge in [0, 0.05) is 11.4 Å². The number of para-hydroxylation sites is 2. The van der Waals surface area contributed by atoms with E-state index in [2.05, 4.69) is 21.2 Å². The predicted molar refractivity (Wildman–Crippen MR) is 138 cm³/mol. The van der Waals surface area contributed by atoms with Crippen LogP contribution in [0.5, 0.6) is 11.5 Å². The molecule has 3 N–H and O–H groups in total. The first-order chi connectivity index (χ1) is 17.4. The molecule has 0 fully saturated rings. The van der Waals surface area contributed by atoms with Crippen molar-refractivity contribution >= 4 is 35.3 Å². The number of ether oxygens (including phenoxy) is 2. The van der Waals surface area contributed by atoms with E-state index >= 15 is 0 Å². The number of carbonyl (C=O) groups excluding carboxylic acids is 3. The van der Waals surface area contributed by atoms with Gasteiger partial charge in [0.15, 0.2) is 18.1 Å². The summed E-state index contributed by atoms with van der Waals surface area (Å²) in [5, 5.41) is 9.22. The molecule has 0 aliphatic heterocycles. The second kappa shape index (κ2) is 12.7. The number of nitrogens with zero attached hydrogens (tertiary/aromatic N) is 1. The Hall–Kier alpha value is -4.66. The molecule has 186 valence electrons. The van der Waals surface area contributed by atoms with Gasteiger partial charge >= 0.3 is 11.8 Å². The van der Waals surface area contributed by atoms with Crippen molar-refractivity contribution in [2.24, 2.45) is 5.10 Å². The monoisotopic (exact) mass is 488 g/mol. The van der Waals surface area contributed by atoms with E-state index in [1.165, 1.54) is 13.3 Å². The molecule has 0 atom stereocenters. The van der Waals surface area contributed by atoms with Crippen molar-refractivity contribution in [1.29, 1.82) is 0 Å². The van der Waals surface area contributed by atoms with Crippen LogP contribution < -0.4 is 25.5 Å². The zero-order chi connectivity index (χ0) is 25.9. The number of rotatable bonds is 9. The Morgan fingerprint density at radius 1 is 0.889 bits per heavy atom. The Balaban J connectivity index is 1.54. The molecule has 0 saturated carbocycles. The first-order valence-corrected chi connectivity index (χ1v) is 11.3. The second-order valence-electron chi connectivity index (χ2n) is 7.73. The molecule has 0 aromatic heterocycles. The summed E-state index contributed by atoms with van der Waals surface area (Å²) in [5.41, 5.74) is 5.95. The Morgan fingerprint density at radius 3 is 2.33 bits per heavy atom. The summed E-state index contributed by atoms with van der Waals surface area (Å²) in [7, 11) is 1.47. The molecule has 0 aliphatic carbocycles. The molecule has 0 aliphatic rings. The van der Waals surface area contributed by atoms with Crippen molar-refractivity contribution in [3.05, 3.63) is 83.4 Å². The van der Waals surface area contributed by atoms with Crippen LogP contribution in [0.15, 0.2) is 71.8 Å². The highest BCUT2D eigenvalue weighted by atomic mass is 16.5. The average Bonchev–Trinajstić information content (AvgIpc) is 2.89. The van der Waals surface area contributed by atoms with Crippen LogP contribution in [0.4, 0.5) is 11.4 Å². The molecule has 0 heterocycles. The molecule has 9 heteroatoms. The standard InChI is InChI=1S/C27H28N4O5/c1-4-20-10-6-8-12-22(20)30-26(33)27(34)31-28-16-19-13-14-23(24(15-19)35-3)36-17-25(32)29-21-11-7-5-9-18(21)2/h5-16H,4,17H2,1-3H3,(H,29,32)(H,30,33)(H,31,34)/b28-16-. The molecule has 0 radical (unpaired) electrons. The quantitative estimate of drug-likeness (QED) is 0.241. The van der Waals surface area contributed by atoms with Crippen molar-refractivity contribution in [3.8, 4) is 11.5 Å². The molecular formula is C27H28N4O5. The molecular weight excluding hydrogens is 460 g/mol. The number of nitrogens with one attached hydrogen (secondary N) is 3. The van der Waals surface area contributed by atoms with Crippen LogP contribution in [-0.2, 0) is 20.8 Å². The van der Waals surface area contributed by atoms with Crippen molar-refractivity contribution in [3.63, 3.8) is 0 Å². The number of amides is 3. The van der Waals surface area contributed by atoms with Crippen molar-refractivity contribution in [1.82, 2.24) is 5.43 Å². The van der Waals surface area contributed by atoms with Gasteiger partial charge in [-0.2, -0.15) is 5.10 Å². The Labute approximate surface area is 209 Å². The molecule has 3 amide bonds. The third-order valence-corrected chi connectivity index (χ3v) is 5.20. The van der Waals surface area contributed by atoms with E-state index in [1.807, 2.05) is 50.2 Å². The topological polar surface area (TPSA) is 118 Å².